The van der Waals surface area contributed by atoms with Gasteiger partial charge in [-0.2, -0.15) is 0 Å². The molecule has 1 rings (SSSR count). The highest BCUT2D eigenvalue weighted by atomic mass is 16.5. The Bertz CT molecular complexity index is 217. The zero-order chi connectivity index (χ0) is 11.6. The molecule has 0 amide bonds. The van der Waals surface area contributed by atoms with Gasteiger partial charge in [0.2, 0.25) is 0 Å². The molecule has 3 unspecified atom stereocenters. The number of rotatable bonds is 4. The smallest absolute Gasteiger partial charge is 0.162 e. The van der Waals surface area contributed by atoms with Gasteiger partial charge >= 0.3 is 0 Å². The van der Waals surface area contributed by atoms with Gasteiger partial charge in [-0.05, 0) is 37.5 Å². The summed E-state index contributed by atoms with van der Waals surface area (Å²) < 4.78 is 0. The Morgan fingerprint density at radius 1 is 1.40 bits per heavy atom. The van der Waals surface area contributed by atoms with Gasteiger partial charge in [-0.25, -0.2) is 0 Å². The van der Waals surface area contributed by atoms with Crippen molar-refractivity contribution in [3.63, 3.8) is 0 Å². The van der Waals surface area contributed by atoms with Gasteiger partial charge in [-0.3, -0.25) is 0 Å². The molecule has 0 radical (unpaired) electrons. The first kappa shape index (κ1) is 12.7. The summed E-state index contributed by atoms with van der Waals surface area (Å²) in [7, 11) is 0. The summed E-state index contributed by atoms with van der Waals surface area (Å²) in [5.74, 6) is -0.739. The lowest BCUT2D eigenvalue weighted by molar-refractivity contribution is -0.198. The monoisotopic (exact) mass is 214 g/mol. The van der Waals surface area contributed by atoms with E-state index >= 15 is 0 Å². The molecule has 1 fully saturated rings. The molecule has 3 nitrogen and oxygen atoms in total. The zero-order valence-electron chi connectivity index (χ0n) is 9.81. The SMILES string of the molecule is CC(C)C1C(CC=O)CCC1C(C)(O)O. The molecule has 3 atom stereocenters. The van der Waals surface area contributed by atoms with Crippen molar-refractivity contribution < 1.29 is 15.0 Å². The maximum atomic E-state index is 10.6. The van der Waals surface area contributed by atoms with Crippen LogP contribution in [0.5, 0.6) is 0 Å². The average molecular weight is 214 g/mol. The summed E-state index contributed by atoms with van der Waals surface area (Å²) in [5, 5.41) is 19.4. The van der Waals surface area contributed by atoms with Crippen LogP contribution in [0.4, 0.5) is 0 Å². The molecule has 1 saturated carbocycles. The van der Waals surface area contributed by atoms with E-state index in [0.29, 0.717) is 18.3 Å². The first-order chi connectivity index (χ1) is 6.88. The fourth-order valence-electron chi connectivity index (χ4n) is 3.15. The minimum Gasteiger partial charge on any atom is -0.366 e. The van der Waals surface area contributed by atoms with Crippen LogP contribution in [0.15, 0.2) is 0 Å². The Labute approximate surface area is 91.5 Å². The average Bonchev–Trinajstić information content (AvgIpc) is 2.47. The van der Waals surface area contributed by atoms with E-state index in [-0.39, 0.29) is 11.8 Å². The third-order valence-electron chi connectivity index (χ3n) is 3.73. The van der Waals surface area contributed by atoms with Crippen molar-refractivity contribution in [1.82, 2.24) is 0 Å². The molecule has 3 heteroatoms. The van der Waals surface area contributed by atoms with Gasteiger partial charge in [0, 0.05) is 12.3 Å². The second-order valence-electron chi connectivity index (χ2n) is 5.26. The molecule has 0 saturated heterocycles. The van der Waals surface area contributed by atoms with Gasteiger partial charge in [0.05, 0.1) is 0 Å². The number of carbonyl (C=O) groups is 1. The van der Waals surface area contributed by atoms with Crippen LogP contribution < -0.4 is 0 Å². The lowest BCUT2D eigenvalue weighted by Crippen LogP contribution is -2.39. The van der Waals surface area contributed by atoms with Gasteiger partial charge in [-0.1, -0.05) is 13.8 Å². The van der Waals surface area contributed by atoms with Crippen molar-refractivity contribution in [2.45, 2.75) is 45.8 Å². The predicted octanol–water partition coefficient (Wildman–Crippen LogP) is 1.57. The van der Waals surface area contributed by atoms with Crippen LogP contribution in [0.25, 0.3) is 0 Å². The number of aliphatic hydroxyl groups is 2. The maximum absolute atomic E-state index is 10.6. The van der Waals surface area contributed by atoms with Crippen LogP contribution >= 0.6 is 0 Å². The van der Waals surface area contributed by atoms with Crippen LogP contribution in [0.3, 0.4) is 0 Å². The number of hydrogen-bond acceptors (Lipinski definition) is 3. The van der Waals surface area contributed by atoms with Gasteiger partial charge in [-0.15, -0.1) is 0 Å². The zero-order valence-corrected chi connectivity index (χ0v) is 9.81. The Kier molecular flexibility index (Phi) is 3.90. The molecule has 1 aliphatic carbocycles. The highest BCUT2D eigenvalue weighted by Crippen LogP contribution is 2.46. The first-order valence-corrected chi connectivity index (χ1v) is 5.76. The summed E-state index contributed by atoms with van der Waals surface area (Å²) in [6, 6.07) is 0. The maximum Gasteiger partial charge on any atom is 0.162 e. The summed E-state index contributed by atoms with van der Waals surface area (Å²) in [6.45, 7) is 5.63. The molecule has 0 bridgehead atoms. The summed E-state index contributed by atoms with van der Waals surface area (Å²) in [5.41, 5.74) is 0. The molecule has 1 aliphatic rings. The molecular formula is C12H22O3. The highest BCUT2D eigenvalue weighted by Gasteiger charge is 2.45. The van der Waals surface area contributed by atoms with Crippen LogP contribution in [-0.4, -0.2) is 22.3 Å². The van der Waals surface area contributed by atoms with Gasteiger partial charge in [0.25, 0.3) is 0 Å². The van der Waals surface area contributed by atoms with Gasteiger partial charge < -0.3 is 15.0 Å². The van der Waals surface area contributed by atoms with Gasteiger partial charge in [0.1, 0.15) is 6.29 Å². The fraction of sp³-hybridized carbons (Fsp3) is 0.917. The molecule has 2 N–H and O–H groups in total. The first-order valence-electron chi connectivity index (χ1n) is 5.76. The van der Waals surface area contributed by atoms with E-state index in [1.165, 1.54) is 6.92 Å². The molecule has 0 heterocycles. The molecule has 15 heavy (non-hydrogen) atoms. The van der Waals surface area contributed by atoms with Crippen molar-refractivity contribution in [2.24, 2.45) is 23.7 Å². The van der Waals surface area contributed by atoms with Crippen LogP contribution in [-0.2, 0) is 4.79 Å². The molecule has 0 aromatic heterocycles. The highest BCUT2D eigenvalue weighted by molar-refractivity contribution is 5.49. The van der Waals surface area contributed by atoms with E-state index in [1.807, 2.05) is 0 Å². The standard InChI is InChI=1S/C12H22O3/c1-8(2)11-9(6-7-13)4-5-10(11)12(3,14)15/h7-11,14-15H,4-6H2,1-3H3. The predicted molar refractivity (Wildman–Crippen MR) is 58.1 cm³/mol. The van der Waals surface area contributed by atoms with Crippen LogP contribution in [0, 0.1) is 23.7 Å². The van der Waals surface area contributed by atoms with E-state index in [0.717, 1.165) is 19.1 Å². The van der Waals surface area contributed by atoms with E-state index in [2.05, 4.69) is 13.8 Å². The van der Waals surface area contributed by atoms with Crippen molar-refractivity contribution in [3.05, 3.63) is 0 Å². The van der Waals surface area contributed by atoms with Crippen molar-refractivity contribution in [2.75, 3.05) is 0 Å². The Morgan fingerprint density at radius 2 is 2.00 bits per heavy atom. The Hall–Kier alpha value is -0.410. The Balaban J connectivity index is 2.79. The number of hydrogen-bond donors (Lipinski definition) is 2. The lowest BCUT2D eigenvalue weighted by Gasteiger charge is -2.34. The van der Waals surface area contributed by atoms with E-state index in [4.69, 9.17) is 0 Å². The van der Waals surface area contributed by atoms with Crippen molar-refractivity contribution >= 4 is 6.29 Å². The van der Waals surface area contributed by atoms with E-state index in [9.17, 15) is 15.0 Å². The topological polar surface area (TPSA) is 57.5 Å². The van der Waals surface area contributed by atoms with Crippen LogP contribution in [0.1, 0.15) is 40.0 Å². The van der Waals surface area contributed by atoms with E-state index in [1.54, 1.807) is 0 Å². The van der Waals surface area contributed by atoms with Crippen molar-refractivity contribution in [1.29, 1.82) is 0 Å². The van der Waals surface area contributed by atoms with Crippen LogP contribution in [0.2, 0.25) is 0 Å². The molecular weight excluding hydrogens is 192 g/mol. The molecule has 0 aliphatic heterocycles. The normalized spacial score (nSPS) is 32.3. The minimum atomic E-state index is -1.60. The summed E-state index contributed by atoms with van der Waals surface area (Å²) in [6.07, 6.45) is 3.25. The Morgan fingerprint density at radius 3 is 2.40 bits per heavy atom. The molecule has 88 valence electrons. The van der Waals surface area contributed by atoms with Crippen molar-refractivity contribution in [3.8, 4) is 0 Å². The molecule has 0 aromatic carbocycles. The molecule has 0 spiro atoms. The van der Waals surface area contributed by atoms with Gasteiger partial charge in [0.15, 0.2) is 5.79 Å². The third-order valence-corrected chi connectivity index (χ3v) is 3.73. The lowest BCUT2D eigenvalue weighted by atomic mass is 9.76. The number of carbonyl (C=O) groups excluding carboxylic acids is 1. The molecule has 0 aromatic rings. The largest absolute Gasteiger partial charge is 0.366 e. The second kappa shape index (κ2) is 4.62. The summed E-state index contributed by atoms with van der Waals surface area (Å²) >= 11 is 0. The third kappa shape index (κ3) is 2.79. The van der Waals surface area contributed by atoms with E-state index < -0.39 is 5.79 Å². The number of aldehydes is 1. The second-order valence-corrected chi connectivity index (χ2v) is 5.26. The minimum absolute atomic E-state index is 0.0950. The summed E-state index contributed by atoms with van der Waals surface area (Å²) in [4.78, 5) is 10.6. The quantitative estimate of drug-likeness (QED) is 0.551. The fourth-order valence-corrected chi connectivity index (χ4v) is 3.15.